The first kappa shape index (κ1) is 16.7. The van der Waals surface area contributed by atoms with E-state index in [1.807, 2.05) is 43.3 Å². The Labute approximate surface area is 149 Å². The Morgan fingerprint density at radius 1 is 1.00 bits per heavy atom. The van der Waals surface area contributed by atoms with Crippen molar-refractivity contribution in [3.05, 3.63) is 76.3 Å². The van der Waals surface area contributed by atoms with Crippen LogP contribution in [0.5, 0.6) is 0 Å². The van der Waals surface area contributed by atoms with Gasteiger partial charge in [0.1, 0.15) is 0 Å². The van der Waals surface area contributed by atoms with Crippen LogP contribution in [-0.2, 0) is 10.0 Å². The summed E-state index contributed by atoms with van der Waals surface area (Å²) in [4.78, 5) is 2.44. The van der Waals surface area contributed by atoms with E-state index >= 15 is 0 Å². The summed E-state index contributed by atoms with van der Waals surface area (Å²) in [7, 11) is -3.67. The first-order valence-electron chi connectivity index (χ1n) is 7.26. The Morgan fingerprint density at radius 3 is 2.38 bits per heavy atom. The van der Waals surface area contributed by atoms with Crippen molar-refractivity contribution in [1.29, 1.82) is 0 Å². The van der Waals surface area contributed by atoms with E-state index in [9.17, 15) is 8.42 Å². The summed E-state index contributed by atoms with van der Waals surface area (Å²) >= 11 is 3.52. The van der Waals surface area contributed by atoms with Gasteiger partial charge in [0.05, 0.1) is 11.1 Å². The Balaban J connectivity index is 1.88. The van der Waals surface area contributed by atoms with Gasteiger partial charge in [-0.1, -0.05) is 64.0 Å². The summed E-state index contributed by atoms with van der Waals surface area (Å²) in [5.74, 6) is 0. The van der Waals surface area contributed by atoms with Crippen LogP contribution in [0.4, 0.5) is 0 Å². The van der Waals surface area contributed by atoms with Gasteiger partial charge < -0.3 is 0 Å². The van der Waals surface area contributed by atoms with Crippen molar-refractivity contribution < 1.29 is 8.42 Å². The number of halogens is 1. The molecule has 0 spiro atoms. The van der Waals surface area contributed by atoms with Gasteiger partial charge in [0.15, 0.2) is 0 Å². The molecule has 24 heavy (non-hydrogen) atoms. The number of hydrogen-bond acceptors (Lipinski definition) is 3. The molecular formula is C18H15BrN2O2S. The lowest BCUT2D eigenvalue weighted by atomic mass is 10.1. The number of sulfonamides is 1. The van der Waals surface area contributed by atoms with Crippen molar-refractivity contribution in [3.63, 3.8) is 0 Å². The molecule has 3 aromatic carbocycles. The predicted molar refractivity (Wildman–Crippen MR) is 101 cm³/mol. The minimum atomic E-state index is -3.67. The smallest absolute Gasteiger partial charge is 0.200 e. The van der Waals surface area contributed by atoms with E-state index in [1.54, 1.807) is 24.3 Å². The molecule has 0 atom stereocenters. The summed E-state index contributed by atoms with van der Waals surface area (Å²) in [5, 5.41) is 5.95. The zero-order valence-electron chi connectivity index (χ0n) is 12.9. The lowest BCUT2D eigenvalue weighted by Gasteiger charge is -2.05. The molecule has 0 heterocycles. The molecule has 0 saturated heterocycles. The molecule has 0 fully saturated rings. The van der Waals surface area contributed by atoms with Gasteiger partial charge in [0, 0.05) is 15.4 Å². The monoisotopic (exact) mass is 402 g/mol. The fraction of sp³-hybridized carbons (Fsp3) is 0.0556. The quantitative estimate of drug-likeness (QED) is 0.524. The van der Waals surface area contributed by atoms with Crippen molar-refractivity contribution in [2.75, 3.05) is 0 Å². The van der Waals surface area contributed by atoms with Gasteiger partial charge in [-0.25, -0.2) is 4.83 Å². The third kappa shape index (κ3) is 3.49. The topological polar surface area (TPSA) is 58.5 Å². The molecule has 0 saturated carbocycles. The van der Waals surface area contributed by atoms with E-state index in [0.717, 1.165) is 26.4 Å². The number of benzene rings is 3. The Hall–Kier alpha value is -2.18. The second-order valence-electron chi connectivity index (χ2n) is 5.35. The molecule has 0 aromatic heterocycles. The largest absolute Gasteiger partial charge is 0.276 e. The zero-order valence-corrected chi connectivity index (χ0v) is 15.3. The molecular weight excluding hydrogens is 388 g/mol. The van der Waals surface area contributed by atoms with Crippen molar-refractivity contribution >= 4 is 42.9 Å². The van der Waals surface area contributed by atoms with Gasteiger partial charge >= 0.3 is 0 Å². The first-order chi connectivity index (χ1) is 11.5. The minimum Gasteiger partial charge on any atom is -0.200 e. The highest BCUT2D eigenvalue weighted by Crippen LogP contribution is 2.26. The molecule has 4 nitrogen and oxygen atoms in total. The van der Waals surface area contributed by atoms with Crippen LogP contribution in [0.3, 0.4) is 0 Å². The van der Waals surface area contributed by atoms with Crippen LogP contribution in [0, 0.1) is 6.92 Å². The standard InChI is InChI=1S/C18H15BrN2O2S/c1-13-8-10-16(11-9-13)24(22,23)21-20-12-15-6-2-4-14-5-3-7-17(19)18(14)15/h2-12,21H,1H3/b20-12+. The van der Waals surface area contributed by atoms with Gasteiger partial charge in [-0.15, -0.1) is 0 Å². The maximum atomic E-state index is 12.2. The minimum absolute atomic E-state index is 0.185. The van der Waals surface area contributed by atoms with Gasteiger partial charge in [-0.2, -0.15) is 13.5 Å². The second kappa shape index (κ2) is 6.75. The lowest BCUT2D eigenvalue weighted by molar-refractivity contribution is 0.584. The van der Waals surface area contributed by atoms with E-state index in [2.05, 4.69) is 25.9 Å². The van der Waals surface area contributed by atoms with Crippen LogP contribution in [0.25, 0.3) is 10.8 Å². The number of hydrogen-bond donors (Lipinski definition) is 1. The molecule has 0 bridgehead atoms. The van der Waals surface area contributed by atoms with E-state index in [1.165, 1.54) is 6.21 Å². The van der Waals surface area contributed by atoms with Crippen LogP contribution in [0.2, 0.25) is 0 Å². The third-order valence-electron chi connectivity index (χ3n) is 3.59. The van der Waals surface area contributed by atoms with E-state index < -0.39 is 10.0 Å². The summed E-state index contributed by atoms with van der Waals surface area (Å²) in [6.07, 6.45) is 1.51. The molecule has 0 radical (unpaired) electrons. The van der Waals surface area contributed by atoms with Gasteiger partial charge in [0.2, 0.25) is 0 Å². The Bertz CT molecular complexity index is 1010. The van der Waals surface area contributed by atoms with Crippen LogP contribution >= 0.6 is 15.9 Å². The molecule has 3 rings (SSSR count). The number of fused-ring (bicyclic) bond motifs is 1. The van der Waals surface area contributed by atoms with Gasteiger partial charge in [-0.3, -0.25) is 0 Å². The number of hydrazone groups is 1. The van der Waals surface area contributed by atoms with Gasteiger partial charge in [-0.05, 0) is 30.5 Å². The first-order valence-corrected chi connectivity index (χ1v) is 9.54. The van der Waals surface area contributed by atoms with Crippen LogP contribution in [0.1, 0.15) is 11.1 Å². The van der Waals surface area contributed by atoms with Gasteiger partial charge in [0.25, 0.3) is 10.0 Å². The molecule has 122 valence electrons. The average Bonchev–Trinajstić information content (AvgIpc) is 2.55. The highest BCUT2D eigenvalue weighted by molar-refractivity contribution is 9.10. The fourth-order valence-electron chi connectivity index (χ4n) is 2.37. The Kier molecular flexibility index (Phi) is 4.69. The summed E-state index contributed by atoms with van der Waals surface area (Å²) in [5.41, 5.74) is 1.82. The summed E-state index contributed by atoms with van der Waals surface area (Å²) in [6.45, 7) is 1.90. The van der Waals surface area contributed by atoms with E-state index in [-0.39, 0.29) is 4.90 Å². The summed E-state index contributed by atoms with van der Waals surface area (Å²) in [6, 6.07) is 18.3. The van der Waals surface area contributed by atoms with Crippen LogP contribution < -0.4 is 4.83 Å². The highest BCUT2D eigenvalue weighted by Gasteiger charge is 2.12. The predicted octanol–water partition coefficient (Wildman–Crippen LogP) is 4.22. The molecule has 0 amide bonds. The fourth-order valence-corrected chi connectivity index (χ4v) is 3.77. The molecule has 0 aliphatic heterocycles. The van der Waals surface area contributed by atoms with Crippen molar-refractivity contribution in [3.8, 4) is 0 Å². The third-order valence-corrected chi connectivity index (χ3v) is 5.49. The molecule has 0 aliphatic carbocycles. The van der Waals surface area contributed by atoms with E-state index in [4.69, 9.17) is 0 Å². The number of aryl methyl sites for hydroxylation is 1. The Morgan fingerprint density at radius 2 is 1.67 bits per heavy atom. The van der Waals surface area contributed by atoms with E-state index in [0.29, 0.717) is 0 Å². The second-order valence-corrected chi connectivity index (χ2v) is 7.87. The van der Waals surface area contributed by atoms with Crippen molar-refractivity contribution in [2.45, 2.75) is 11.8 Å². The molecule has 3 aromatic rings. The summed E-state index contributed by atoms with van der Waals surface area (Å²) < 4.78 is 25.4. The maximum absolute atomic E-state index is 12.2. The number of nitrogens with one attached hydrogen (secondary N) is 1. The SMILES string of the molecule is Cc1ccc(S(=O)(=O)N/N=C/c2cccc3cccc(Br)c23)cc1. The molecule has 0 unspecified atom stereocenters. The van der Waals surface area contributed by atoms with Crippen molar-refractivity contribution in [1.82, 2.24) is 4.83 Å². The zero-order chi connectivity index (χ0) is 17.2. The normalized spacial score (nSPS) is 11.9. The molecule has 6 heteroatoms. The number of nitrogens with zero attached hydrogens (tertiary/aromatic N) is 1. The molecule has 1 N–H and O–H groups in total. The van der Waals surface area contributed by atoms with Crippen LogP contribution in [-0.4, -0.2) is 14.6 Å². The highest BCUT2D eigenvalue weighted by atomic mass is 79.9. The van der Waals surface area contributed by atoms with Crippen molar-refractivity contribution in [2.24, 2.45) is 5.10 Å². The lowest BCUT2D eigenvalue weighted by Crippen LogP contribution is -2.18. The average molecular weight is 403 g/mol. The number of rotatable bonds is 4. The molecule has 0 aliphatic rings. The maximum Gasteiger partial charge on any atom is 0.276 e. The van der Waals surface area contributed by atoms with Crippen LogP contribution in [0.15, 0.2) is 75.1 Å².